The van der Waals surface area contributed by atoms with Crippen molar-refractivity contribution in [2.24, 2.45) is 0 Å². The minimum Gasteiger partial charge on any atom is -0.232 e. The Bertz CT molecular complexity index is 235. The maximum absolute atomic E-state index is 10.5. The molecule has 3 heteroatoms. The molecule has 1 radical (unpaired) electrons. The average molecular weight is 265 g/mol. The minimum absolute atomic E-state index is 0.181. The van der Waals surface area contributed by atoms with E-state index in [-0.39, 0.29) is 6.61 Å². The third-order valence-electron chi connectivity index (χ3n) is 1.19. The maximum atomic E-state index is 10.5. The van der Waals surface area contributed by atoms with Gasteiger partial charge < -0.3 is 0 Å². The monoisotopic (exact) mass is 263 g/mol. The standard InChI is InChI=1S/C7H5Br2O/c8-6-3-1-2-5(4-10)7(6)9/h1-3H,4H2. The molecule has 1 aromatic carbocycles. The van der Waals surface area contributed by atoms with Gasteiger partial charge in [0.25, 0.3) is 0 Å². The molecule has 10 heavy (non-hydrogen) atoms. The van der Waals surface area contributed by atoms with Crippen LogP contribution in [0.1, 0.15) is 5.56 Å². The first-order chi connectivity index (χ1) is 4.75. The molecule has 0 bridgehead atoms. The summed E-state index contributed by atoms with van der Waals surface area (Å²) in [6.45, 7) is -0.181. The predicted octanol–water partition coefficient (Wildman–Crippen LogP) is 3.14. The summed E-state index contributed by atoms with van der Waals surface area (Å²) < 4.78 is 1.80. The zero-order valence-corrected chi connectivity index (χ0v) is 8.28. The van der Waals surface area contributed by atoms with Crippen LogP contribution < -0.4 is 0 Å². The lowest BCUT2D eigenvalue weighted by Gasteiger charge is -1.99. The van der Waals surface area contributed by atoms with E-state index in [1.54, 1.807) is 0 Å². The highest BCUT2D eigenvalue weighted by Gasteiger charge is 2.00. The van der Waals surface area contributed by atoms with Crippen LogP contribution in [0, 0.1) is 0 Å². The summed E-state index contributed by atoms with van der Waals surface area (Å²) in [6, 6.07) is 5.55. The van der Waals surface area contributed by atoms with E-state index in [9.17, 15) is 5.11 Å². The number of benzene rings is 1. The van der Waals surface area contributed by atoms with Gasteiger partial charge in [0, 0.05) is 8.95 Å². The Morgan fingerprint density at radius 2 is 2.00 bits per heavy atom. The van der Waals surface area contributed by atoms with Crippen molar-refractivity contribution in [1.29, 1.82) is 0 Å². The molecule has 0 fully saturated rings. The Kier molecular flexibility index (Phi) is 2.89. The van der Waals surface area contributed by atoms with Crippen LogP contribution >= 0.6 is 31.9 Å². The van der Waals surface area contributed by atoms with Gasteiger partial charge in [-0.2, -0.15) is 0 Å². The molecule has 0 saturated heterocycles. The van der Waals surface area contributed by atoms with Crippen LogP contribution in [0.2, 0.25) is 0 Å². The fraction of sp³-hybridized carbons (Fsp3) is 0.143. The summed E-state index contributed by atoms with van der Waals surface area (Å²) >= 11 is 6.59. The molecule has 0 N–H and O–H groups in total. The summed E-state index contributed by atoms with van der Waals surface area (Å²) in [5.74, 6) is 0. The normalized spacial score (nSPS) is 9.90. The molecule has 0 aromatic heterocycles. The third-order valence-corrected chi connectivity index (χ3v) is 3.32. The summed E-state index contributed by atoms with van der Waals surface area (Å²) in [5.41, 5.74) is 0.786. The van der Waals surface area contributed by atoms with Gasteiger partial charge >= 0.3 is 0 Å². The summed E-state index contributed by atoms with van der Waals surface area (Å²) in [6.07, 6.45) is 0. The zero-order valence-electron chi connectivity index (χ0n) is 5.10. The maximum Gasteiger partial charge on any atom is 0.108 e. The van der Waals surface area contributed by atoms with Crippen LogP contribution in [0.15, 0.2) is 27.1 Å². The molecule has 0 saturated carbocycles. The fourth-order valence-electron chi connectivity index (χ4n) is 0.660. The second-order valence-corrected chi connectivity index (χ2v) is 3.50. The molecule has 1 nitrogen and oxygen atoms in total. The lowest BCUT2D eigenvalue weighted by molar-refractivity contribution is 0.177. The average Bonchev–Trinajstić information content (AvgIpc) is 1.95. The molecule has 0 heterocycles. The van der Waals surface area contributed by atoms with Crippen LogP contribution in [0.4, 0.5) is 0 Å². The van der Waals surface area contributed by atoms with E-state index in [1.807, 2.05) is 18.2 Å². The third kappa shape index (κ3) is 1.59. The van der Waals surface area contributed by atoms with E-state index in [2.05, 4.69) is 31.9 Å². The van der Waals surface area contributed by atoms with Crippen molar-refractivity contribution in [3.05, 3.63) is 32.7 Å². The first-order valence-corrected chi connectivity index (χ1v) is 4.35. The van der Waals surface area contributed by atoms with Crippen LogP contribution in [-0.4, -0.2) is 0 Å². The number of hydrogen-bond acceptors (Lipinski definition) is 0. The Hall–Kier alpha value is 0.140. The predicted molar refractivity (Wildman–Crippen MR) is 46.2 cm³/mol. The van der Waals surface area contributed by atoms with Crippen LogP contribution in [0.5, 0.6) is 0 Å². The molecule has 0 aliphatic rings. The van der Waals surface area contributed by atoms with Crippen molar-refractivity contribution in [3.63, 3.8) is 0 Å². The minimum atomic E-state index is -0.181. The highest BCUT2D eigenvalue weighted by atomic mass is 79.9. The second kappa shape index (κ2) is 3.51. The van der Waals surface area contributed by atoms with E-state index in [1.165, 1.54) is 0 Å². The van der Waals surface area contributed by atoms with E-state index in [0.717, 1.165) is 14.5 Å². The van der Waals surface area contributed by atoms with Gasteiger partial charge in [0.05, 0.1) is 0 Å². The molecule has 53 valence electrons. The van der Waals surface area contributed by atoms with Crippen molar-refractivity contribution in [2.75, 3.05) is 0 Å². The Labute approximate surface area is 76.3 Å². The molecule has 0 amide bonds. The molecule has 1 rings (SSSR count). The first kappa shape index (κ1) is 8.24. The molecule has 0 unspecified atom stereocenters. The quantitative estimate of drug-likeness (QED) is 0.743. The van der Waals surface area contributed by atoms with Crippen molar-refractivity contribution >= 4 is 31.9 Å². The number of halogens is 2. The lowest BCUT2D eigenvalue weighted by Crippen LogP contribution is -1.82. The summed E-state index contributed by atoms with van der Waals surface area (Å²) in [7, 11) is 0. The van der Waals surface area contributed by atoms with Crippen LogP contribution in [-0.2, 0) is 11.7 Å². The molecule has 0 atom stereocenters. The molecular weight excluding hydrogens is 260 g/mol. The van der Waals surface area contributed by atoms with Gasteiger partial charge in [0.2, 0.25) is 0 Å². The molecule has 0 spiro atoms. The summed E-state index contributed by atoms with van der Waals surface area (Å²) in [5, 5.41) is 10.5. The SMILES string of the molecule is [O]Cc1cccc(Br)c1Br. The second-order valence-electron chi connectivity index (χ2n) is 1.86. The van der Waals surface area contributed by atoms with E-state index < -0.39 is 0 Å². The van der Waals surface area contributed by atoms with Crippen molar-refractivity contribution in [2.45, 2.75) is 6.61 Å². The largest absolute Gasteiger partial charge is 0.232 e. The number of rotatable bonds is 1. The first-order valence-electron chi connectivity index (χ1n) is 2.76. The van der Waals surface area contributed by atoms with Gasteiger partial charge in [0.1, 0.15) is 6.61 Å². The fourth-order valence-corrected chi connectivity index (χ4v) is 1.45. The molecule has 0 aliphatic carbocycles. The van der Waals surface area contributed by atoms with Gasteiger partial charge in [-0.3, -0.25) is 0 Å². The highest BCUT2D eigenvalue weighted by molar-refractivity contribution is 9.13. The topological polar surface area (TPSA) is 19.9 Å². The Balaban J connectivity index is 3.14. The Morgan fingerprint density at radius 3 is 2.50 bits per heavy atom. The molecular formula is C7H5Br2O. The van der Waals surface area contributed by atoms with E-state index in [4.69, 9.17) is 0 Å². The highest BCUT2D eigenvalue weighted by Crippen LogP contribution is 2.26. The van der Waals surface area contributed by atoms with Crippen LogP contribution in [0.3, 0.4) is 0 Å². The van der Waals surface area contributed by atoms with E-state index >= 15 is 0 Å². The van der Waals surface area contributed by atoms with Gasteiger partial charge in [-0.05, 0) is 43.5 Å². The van der Waals surface area contributed by atoms with Crippen LogP contribution in [0.25, 0.3) is 0 Å². The zero-order chi connectivity index (χ0) is 7.56. The Morgan fingerprint density at radius 1 is 1.30 bits per heavy atom. The van der Waals surface area contributed by atoms with Gasteiger partial charge in [-0.25, -0.2) is 5.11 Å². The van der Waals surface area contributed by atoms with Gasteiger partial charge in [-0.1, -0.05) is 12.1 Å². The smallest absolute Gasteiger partial charge is 0.108 e. The number of hydrogen-bond donors (Lipinski definition) is 0. The van der Waals surface area contributed by atoms with Gasteiger partial charge in [0.15, 0.2) is 0 Å². The molecule has 1 aromatic rings. The molecule has 0 aliphatic heterocycles. The van der Waals surface area contributed by atoms with Gasteiger partial charge in [-0.15, -0.1) is 0 Å². The summed E-state index contributed by atoms with van der Waals surface area (Å²) in [4.78, 5) is 0. The van der Waals surface area contributed by atoms with Crippen molar-refractivity contribution in [1.82, 2.24) is 0 Å². The van der Waals surface area contributed by atoms with E-state index in [0.29, 0.717) is 0 Å². The van der Waals surface area contributed by atoms with Crippen molar-refractivity contribution < 1.29 is 5.11 Å². The lowest BCUT2D eigenvalue weighted by atomic mass is 10.2. The van der Waals surface area contributed by atoms with Crippen molar-refractivity contribution in [3.8, 4) is 0 Å².